The summed E-state index contributed by atoms with van der Waals surface area (Å²) in [4.78, 5) is 32.4. The van der Waals surface area contributed by atoms with Crippen molar-refractivity contribution >= 4 is 34.2 Å². The first-order chi connectivity index (χ1) is 13.1. The van der Waals surface area contributed by atoms with Crippen LogP contribution in [0.5, 0.6) is 0 Å². The molecule has 2 aromatic carbocycles. The van der Waals surface area contributed by atoms with E-state index in [0.717, 1.165) is 16.5 Å². The number of ketones is 1. The predicted octanol–water partition coefficient (Wildman–Crippen LogP) is 3.46. The van der Waals surface area contributed by atoms with Gasteiger partial charge in [-0.15, -0.1) is 0 Å². The van der Waals surface area contributed by atoms with Gasteiger partial charge in [-0.3, -0.25) is 14.5 Å². The number of carbonyl (C=O) groups excluding carboxylic acids is 2. The minimum Gasteiger partial charge on any atom is -0.360 e. The minimum atomic E-state index is -0.0138. The maximum Gasteiger partial charge on any atom is 0.253 e. The number of nitrogens with one attached hydrogen (secondary N) is 1. The summed E-state index contributed by atoms with van der Waals surface area (Å²) in [5.41, 5.74) is 2.30. The Morgan fingerprint density at radius 1 is 1.00 bits per heavy atom. The molecule has 27 heavy (non-hydrogen) atoms. The smallest absolute Gasteiger partial charge is 0.253 e. The third-order valence-corrected chi connectivity index (χ3v) is 5.22. The zero-order valence-electron chi connectivity index (χ0n) is 14.8. The number of Topliss-reactive ketones (excluding diaryl/α,β-unsaturated/α-hetero) is 1. The zero-order chi connectivity index (χ0) is 18.8. The second-order valence-electron chi connectivity index (χ2n) is 6.75. The largest absolute Gasteiger partial charge is 0.360 e. The van der Waals surface area contributed by atoms with E-state index in [0.29, 0.717) is 43.3 Å². The molecule has 0 radical (unpaired) electrons. The number of hydrogen-bond acceptors (Lipinski definition) is 3. The molecule has 0 saturated carbocycles. The van der Waals surface area contributed by atoms with Gasteiger partial charge in [0, 0.05) is 59.4 Å². The van der Waals surface area contributed by atoms with Gasteiger partial charge < -0.3 is 9.88 Å². The van der Waals surface area contributed by atoms with E-state index in [9.17, 15) is 9.59 Å². The molecular formula is C21H20ClN3O2. The van der Waals surface area contributed by atoms with Crippen LogP contribution in [0.25, 0.3) is 10.9 Å². The Labute approximate surface area is 162 Å². The molecular weight excluding hydrogens is 362 g/mol. The van der Waals surface area contributed by atoms with E-state index < -0.39 is 0 Å². The van der Waals surface area contributed by atoms with Crippen LogP contribution in [-0.2, 0) is 0 Å². The van der Waals surface area contributed by atoms with Crippen LogP contribution in [0.4, 0.5) is 0 Å². The monoisotopic (exact) mass is 381 g/mol. The fraction of sp³-hybridized carbons (Fsp3) is 0.238. The average molecular weight is 382 g/mol. The molecule has 3 aromatic rings. The summed E-state index contributed by atoms with van der Waals surface area (Å²) in [5.74, 6) is 0.0853. The van der Waals surface area contributed by atoms with Gasteiger partial charge in [0.05, 0.1) is 6.54 Å². The molecule has 0 aliphatic carbocycles. The van der Waals surface area contributed by atoms with Crippen LogP contribution < -0.4 is 0 Å². The van der Waals surface area contributed by atoms with Crippen molar-refractivity contribution in [3.63, 3.8) is 0 Å². The van der Waals surface area contributed by atoms with Crippen molar-refractivity contribution in [3.05, 3.63) is 70.9 Å². The van der Waals surface area contributed by atoms with E-state index in [2.05, 4.69) is 9.88 Å². The molecule has 1 aliphatic rings. The molecule has 1 N–H and O–H groups in total. The van der Waals surface area contributed by atoms with Gasteiger partial charge in [-0.1, -0.05) is 35.9 Å². The summed E-state index contributed by atoms with van der Waals surface area (Å²) < 4.78 is 0. The molecule has 0 atom stereocenters. The van der Waals surface area contributed by atoms with Crippen molar-refractivity contribution < 1.29 is 9.59 Å². The highest BCUT2D eigenvalue weighted by molar-refractivity contribution is 6.30. The Bertz CT molecular complexity index is 990. The Balaban J connectivity index is 1.37. The topological polar surface area (TPSA) is 56.4 Å². The SMILES string of the molecule is O=C(CN1CCN(C(=O)c2cccc(Cl)c2)CC1)c1c[nH]c2ccccc12. The number of fused-ring (bicyclic) bond motifs is 1. The number of para-hydroxylation sites is 1. The molecule has 0 bridgehead atoms. The van der Waals surface area contributed by atoms with Crippen molar-refractivity contribution in [2.24, 2.45) is 0 Å². The molecule has 1 aromatic heterocycles. The van der Waals surface area contributed by atoms with Crippen LogP contribution in [0, 0.1) is 0 Å². The van der Waals surface area contributed by atoms with Gasteiger partial charge in [-0.25, -0.2) is 0 Å². The summed E-state index contributed by atoms with van der Waals surface area (Å²) in [6.45, 7) is 2.93. The lowest BCUT2D eigenvalue weighted by molar-refractivity contribution is 0.0624. The first-order valence-corrected chi connectivity index (χ1v) is 9.36. The number of hydrogen-bond donors (Lipinski definition) is 1. The average Bonchev–Trinajstić information content (AvgIpc) is 3.12. The number of rotatable bonds is 4. The van der Waals surface area contributed by atoms with Crippen molar-refractivity contribution in [2.45, 2.75) is 0 Å². The highest BCUT2D eigenvalue weighted by Crippen LogP contribution is 2.19. The second kappa shape index (κ2) is 7.55. The van der Waals surface area contributed by atoms with E-state index in [1.54, 1.807) is 30.5 Å². The fourth-order valence-corrected chi connectivity index (χ4v) is 3.69. The van der Waals surface area contributed by atoms with Crippen LogP contribution >= 0.6 is 11.6 Å². The summed E-state index contributed by atoms with van der Waals surface area (Å²) in [6.07, 6.45) is 1.78. The van der Waals surface area contributed by atoms with Crippen molar-refractivity contribution in [1.82, 2.24) is 14.8 Å². The molecule has 1 aliphatic heterocycles. The van der Waals surface area contributed by atoms with Crippen LogP contribution in [0.2, 0.25) is 5.02 Å². The van der Waals surface area contributed by atoms with Gasteiger partial charge in [0.25, 0.3) is 5.91 Å². The summed E-state index contributed by atoms with van der Waals surface area (Å²) >= 11 is 5.98. The van der Waals surface area contributed by atoms with Crippen molar-refractivity contribution in [1.29, 1.82) is 0 Å². The van der Waals surface area contributed by atoms with Crippen LogP contribution in [0.1, 0.15) is 20.7 Å². The number of benzene rings is 2. The molecule has 6 heteroatoms. The fourth-order valence-electron chi connectivity index (χ4n) is 3.50. The summed E-state index contributed by atoms with van der Waals surface area (Å²) in [7, 11) is 0. The van der Waals surface area contributed by atoms with Gasteiger partial charge >= 0.3 is 0 Å². The minimum absolute atomic E-state index is 0.0138. The summed E-state index contributed by atoms with van der Waals surface area (Å²) in [5, 5.41) is 1.51. The maximum absolute atomic E-state index is 12.7. The summed E-state index contributed by atoms with van der Waals surface area (Å²) in [6, 6.07) is 14.8. The molecule has 1 amide bonds. The first-order valence-electron chi connectivity index (χ1n) is 8.98. The number of nitrogens with zero attached hydrogens (tertiary/aromatic N) is 2. The van der Waals surface area contributed by atoms with Gasteiger partial charge in [0.2, 0.25) is 0 Å². The van der Waals surface area contributed by atoms with E-state index in [1.807, 2.05) is 29.2 Å². The highest BCUT2D eigenvalue weighted by Gasteiger charge is 2.24. The number of aromatic nitrogens is 1. The molecule has 5 nitrogen and oxygen atoms in total. The third kappa shape index (κ3) is 3.75. The number of H-pyrrole nitrogens is 1. The lowest BCUT2D eigenvalue weighted by Crippen LogP contribution is -2.49. The zero-order valence-corrected chi connectivity index (χ0v) is 15.6. The lowest BCUT2D eigenvalue weighted by atomic mass is 10.1. The third-order valence-electron chi connectivity index (χ3n) is 4.99. The standard InChI is InChI=1S/C21H20ClN3O2/c22-16-5-3-4-15(12-16)21(27)25-10-8-24(9-11-25)14-20(26)18-13-23-19-7-2-1-6-17(18)19/h1-7,12-13,23H,8-11,14H2. The highest BCUT2D eigenvalue weighted by atomic mass is 35.5. The Morgan fingerprint density at radius 3 is 2.56 bits per heavy atom. The lowest BCUT2D eigenvalue weighted by Gasteiger charge is -2.34. The normalized spacial score (nSPS) is 15.2. The molecule has 2 heterocycles. The predicted molar refractivity (Wildman–Crippen MR) is 106 cm³/mol. The van der Waals surface area contributed by atoms with Gasteiger partial charge in [0.15, 0.2) is 5.78 Å². The molecule has 0 unspecified atom stereocenters. The van der Waals surface area contributed by atoms with Gasteiger partial charge in [-0.05, 0) is 24.3 Å². The van der Waals surface area contributed by atoms with E-state index in [4.69, 9.17) is 11.6 Å². The number of piperazine rings is 1. The molecule has 1 fully saturated rings. The Kier molecular flexibility index (Phi) is 4.97. The number of amides is 1. The van der Waals surface area contributed by atoms with E-state index >= 15 is 0 Å². The van der Waals surface area contributed by atoms with Crippen LogP contribution in [0.15, 0.2) is 54.7 Å². The maximum atomic E-state index is 12.7. The molecule has 4 rings (SSSR count). The number of carbonyl (C=O) groups is 2. The second-order valence-corrected chi connectivity index (χ2v) is 7.19. The van der Waals surface area contributed by atoms with Gasteiger partial charge in [-0.2, -0.15) is 0 Å². The first kappa shape index (κ1) is 17.8. The van der Waals surface area contributed by atoms with E-state index in [-0.39, 0.29) is 11.7 Å². The number of halogens is 1. The molecule has 0 spiro atoms. The van der Waals surface area contributed by atoms with E-state index in [1.165, 1.54) is 0 Å². The quantitative estimate of drug-likeness (QED) is 0.704. The van der Waals surface area contributed by atoms with Crippen molar-refractivity contribution in [3.8, 4) is 0 Å². The molecule has 138 valence electrons. The Hall–Kier alpha value is -2.63. The Morgan fingerprint density at radius 2 is 1.78 bits per heavy atom. The van der Waals surface area contributed by atoms with Crippen molar-refractivity contribution in [2.75, 3.05) is 32.7 Å². The number of aromatic amines is 1. The van der Waals surface area contributed by atoms with Gasteiger partial charge in [0.1, 0.15) is 0 Å². The van der Waals surface area contributed by atoms with Crippen LogP contribution in [-0.4, -0.2) is 59.2 Å². The molecule has 1 saturated heterocycles. The van der Waals surface area contributed by atoms with Crippen LogP contribution in [0.3, 0.4) is 0 Å².